The number of rotatable bonds is 8. The lowest BCUT2D eigenvalue weighted by atomic mass is 10.0. The Bertz CT molecular complexity index is 1410. The Morgan fingerprint density at radius 3 is 2.63 bits per heavy atom. The van der Waals surface area contributed by atoms with Crippen LogP contribution in [0.1, 0.15) is 58.1 Å². The maximum Gasteiger partial charge on any atom is 0.270 e. The van der Waals surface area contributed by atoms with Crippen LogP contribution < -0.4 is 16.4 Å². The van der Waals surface area contributed by atoms with Crippen molar-refractivity contribution in [2.75, 3.05) is 12.3 Å². The number of imidazole rings is 1. The average molecular weight is 495 g/mol. The smallest absolute Gasteiger partial charge is 0.270 e. The van der Waals surface area contributed by atoms with Crippen LogP contribution in [0.4, 0.5) is 5.13 Å². The molecule has 1 atom stereocenters. The van der Waals surface area contributed by atoms with Crippen molar-refractivity contribution < 1.29 is 14.7 Å². The van der Waals surface area contributed by atoms with Gasteiger partial charge in [0.15, 0.2) is 10.8 Å². The lowest BCUT2D eigenvalue weighted by Crippen LogP contribution is -2.39. The number of aliphatic hydroxyl groups excluding tert-OH is 1. The molecule has 0 aliphatic carbocycles. The number of aryl methyl sites for hydroxylation is 2. The third-order valence-electron chi connectivity index (χ3n) is 5.83. The minimum Gasteiger partial charge on any atom is -0.394 e. The third kappa shape index (κ3) is 5.13. The SMILES string of the molecule is Cc1nc2c(C(=O)NCc3ccc4nc(N)sc4c3)ccc(C)n2c1C(=O)N[C@H](CO)CC(C)C. The van der Waals surface area contributed by atoms with Crippen LogP contribution in [-0.4, -0.2) is 43.9 Å². The quantitative estimate of drug-likeness (QED) is 0.297. The van der Waals surface area contributed by atoms with Crippen molar-refractivity contribution >= 4 is 44.1 Å². The van der Waals surface area contributed by atoms with Crippen LogP contribution in [0, 0.1) is 19.8 Å². The molecule has 5 N–H and O–H groups in total. The number of benzene rings is 1. The van der Waals surface area contributed by atoms with Crippen LogP contribution in [0.2, 0.25) is 0 Å². The van der Waals surface area contributed by atoms with Crippen molar-refractivity contribution in [2.24, 2.45) is 5.92 Å². The van der Waals surface area contributed by atoms with Crippen molar-refractivity contribution in [2.45, 2.75) is 46.7 Å². The van der Waals surface area contributed by atoms with Gasteiger partial charge in [-0.05, 0) is 56.0 Å². The summed E-state index contributed by atoms with van der Waals surface area (Å²) in [7, 11) is 0. The van der Waals surface area contributed by atoms with E-state index in [9.17, 15) is 14.7 Å². The van der Waals surface area contributed by atoms with E-state index in [1.54, 1.807) is 23.5 Å². The second-order valence-electron chi connectivity index (χ2n) is 9.11. The summed E-state index contributed by atoms with van der Waals surface area (Å²) in [6, 6.07) is 8.91. The topological polar surface area (TPSA) is 135 Å². The molecule has 0 fully saturated rings. The summed E-state index contributed by atoms with van der Waals surface area (Å²) in [6.45, 7) is 7.86. The molecule has 4 aromatic rings. The average Bonchev–Trinajstić information content (AvgIpc) is 3.35. The summed E-state index contributed by atoms with van der Waals surface area (Å²) in [6.07, 6.45) is 0.657. The maximum absolute atomic E-state index is 13.1. The van der Waals surface area contributed by atoms with Crippen molar-refractivity contribution in [3.63, 3.8) is 0 Å². The minimum absolute atomic E-state index is 0.147. The molecule has 0 saturated heterocycles. The van der Waals surface area contributed by atoms with Crippen molar-refractivity contribution in [1.29, 1.82) is 0 Å². The van der Waals surface area contributed by atoms with E-state index in [1.807, 2.05) is 39.0 Å². The predicted octanol–water partition coefficient (Wildman–Crippen LogP) is 3.21. The molecule has 35 heavy (non-hydrogen) atoms. The molecular formula is C25H30N6O3S. The highest BCUT2D eigenvalue weighted by atomic mass is 32.1. The molecule has 0 saturated carbocycles. The first-order valence-electron chi connectivity index (χ1n) is 11.5. The Morgan fingerprint density at radius 1 is 1.14 bits per heavy atom. The zero-order valence-electron chi connectivity index (χ0n) is 20.3. The van der Waals surface area contributed by atoms with E-state index in [-0.39, 0.29) is 24.5 Å². The van der Waals surface area contributed by atoms with Crippen LogP contribution in [0.3, 0.4) is 0 Å². The predicted molar refractivity (Wildman–Crippen MR) is 138 cm³/mol. The molecule has 9 nitrogen and oxygen atoms in total. The summed E-state index contributed by atoms with van der Waals surface area (Å²) in [5.74, 6) is -0.293. The molecule has 0 radical (unpaired) electrons. The van der Waals surface area contributed by atoms with Crippen molar-refractivity contribution in [1.82, 2.24) is 25.0 Å². The number of nitrogens with two attached hydrogens (primary N) is 1. The lowest BCUT2D eigenvalue weighted by molar-refractivity contribution is 0.0899. The normalized spacial score (nSPS) is 12.4. The lowest BCUT2D eigenvalue weighted by Gasteiger charge is -2.18. The van der Waals surface area contributed by atoms with E-state index in [1.165, 1.54) is 11.3 Å². The zero-order chi connectivity index (χ0) is 25.3. The van der Waals surface area contributed by atoms with Crippen LogP contribution in [0.5, 0.6) is 0 Å². The van der Waals surface area contributed by atoms with Gasteiger partial charge in [0.25, 0.3) is 11.8 Å². The number of anilines is 1. The van der Waals surface area contributed by atoms with E-state index >= 15 is 0 Å². The number of pyridine rings is 1. The van der Waals surface area contributed by atoms with Crippen molar-refractivity contribution in [3.8, 4) is 0 Å². The number of carbonyl (C=O) groups excluding carboxylic acids is 2. The number of amides is 2. The molecular weight excluding hydrogens is 464 g/mol. The number of thiazole rings is 1. The standard InChI is InChI=1S/C25H30N6O3S/c1-13(2)9-17(12-32)29-24(34)21-15(4)28-22-18(7-5-14(3)31(21)22)23(33)27-11-16-6-8-19-20(10-16)35-25(26)30-19/h5-8,10,13,17,32H,9,11-12H2,1-4H3,(H2,26,30)(H,27,33)(H,29,34)/t17-/m0/s1. The second kappa shape index (κ2) is 10.0. The number of fused-ring (bicyclic) bond motifs is 2. The number of nitrogens with one attached hydrogen (secondary N) is 2. The summed E-state index contributed by atoms with van der Waals surface area (Å²) in [4.78, 5) is 35.1. The van der Waals surface area contributed by atoms with Crippen LogP contribution in [-0.2, 0) is 6.54 Å². The Labute approximate surface area is 207 Å². The first-order valence-corrected chi connectivity index (χ1v) is 12.3. The van der Waals surface area contributed by atoms with Gasteiger partial charge < -0.3 is 21.5 Å². The molecule has 2 amide bonds. The number of nitrogen functional groups attached to an aromatic ring is 1. The molecule has 184 valence electrons. The number of carbonyl (C=O) groups is 2. The summed E-state index contributed by atoms with van der Waals surface area (Å²) < 4.78 is 2.67. The molecule has 0 bridgehead atoms. The summed E-state index contributed by atoms with van der Waals surface area (Å²) >= 11 is 1.40. The molecule has 0 spiro atoms. The second-order valence-corrected chi connectivity index (χ2v) is 10.2. The number of hydrogen-bond acceptors (Lipinski definition) is 7. The van der Waals surface area contributed by atoms with E-state index in [0.29, 0.717) is 46.6 Å². The fraction of sp³-hybridized carbons (Fsp3) is 0.360. The number of nitrogens with zero attached hydrogens (tertiary/aromatic N) is 3. The van der Waals surface area contributed by atoms with Gasteiger partial charge in [-0.25, -0.2) is 9.97 Å². The van der Waals surface area contributed by atoms with Gasteiger partial charge in [0.05, 0.1) is 34.1 Å². The van der Waals surface area contributed by atoms with E-state index in [4.69, 9.17) is 5.73 Å². The Balaban J connectivity index is 1.59. The van der Waals surface area contributed by atoms with Crippen LogP contribution in [0.25, 0.3) is 15.9 Å². The fourth-order valence-electron chi connectivity index (χ4n) is 4.23. The van der Waals surface area contributed by atoms with Gasteiger partial charge in [0.1, 0.15) is 5.69 Å². The van der Waals surface area contributed by atoms with Gasteiger partial charge in [0.2, 0.25) is 0 Å². The number of aliphatic hydroxyl groups is 1. The molecule has 0 aliphatic rings. The van der Waals surface area contributed by atoms with Gasteiger partial charge in [-0.2, -0.15) is 0 Å². The van der Waals surface area contributed by atoms with Gasteiger partial charge in [0, 0.05) is 12.2 Å². The Morgan fingerprint density at radius 2 is 1.91 bits per heavy atom. The van der Waals surface area contributed by atoms with E-state index < -0.39 is 0 Å². The molecule has 4 rings (SSSR count). The molecule has 0 aliphatic heterocycles. The largest absolute Gasteiger partial charge is 0.394 e. The van der Waals surface area contributed by atoms with E-state index in [0.717, 1.165) is 21.5 Å². The number of aromatic nitrogens is 3. The molecule has 10 heteroatoms. The first kappa shape index (κ1) is 24.6. The summed E-state index contributed by atoms with van der Waals surface area (Å²) in [5.41, 5.74) is 9.99. The fourth-order valence-corrected chi connectivity index (χ4v) is 5.02. The highest BCUT2D eigenvalue weighted by Gasteiger charge is 2.24. The number of hydrogen-bond donors (Lipinski definition) is 4. The zero-order valence-corrected chi connectivity index (χ0v) is 21.1. The highest BCUT2D eigenvalue weighted by molar-refractivity contribution is 7.22. The third-order valence-corrected chi connectivity index (χ3v) is 6.68. The van der Waals surface area contributed by atoms with Gasteiger partial charge in [-0.1, -0.05) is 31.3 Å². The summed E-state index contributed by atoms with van der Waals surface area (Å²) in [5, 5.41) is 16.1. The van der Waals surface area contributed by atoms with Gasteiger partial charge >= 0.3 is 0 Å². The molecule has 0 unspecified atom stereocenters. The van der Waals surface area contributed by atoms with Crippen molar-refractivity contribution in [3.05, 3.63) is 58.5 Å². The highest BCUT2D eigenvalue weighted by Crippen LogP contribution is 2.25. The Hall–Kier alpha value is -3.50. The van der Waals surface area contributed by atoms with Gasteiger partial charge in [-0.3, -0.25) is 14.0 Å². The van der Waals surface area contributed by atoms with Gasteiger partial charge in [-0.15, -0.1) is 0 Å². The monoisotopic (exact) mass is 494 g/mol. The van der Waals surface area contributed by atoms with Crippen LogP contribution >= 0.6 is 11.3 Å². The minimum atomic E-state index is -0.356. The van der Waals surface area contributed by atoms with E-state index in [2.05, 4.69) is 20.6 Å². The first-order chi connectivity index (χ1) is 16.7. The molecule has 3 heterocycles. The molecule has 3 aromatic heterocycles. The molecule has 1 aromatic carbocycles. The maximum atomic E-state index is 13.1. The van der Waals surface area contributed by atoms with Crippen LogP contribution in [0.15, 0.2) is 30.3 Å². The Kier molecular flexibility index (Phi) is 7.04.